The van der Waals surface area contributed by atoms with Gasteiger partial charge in [-0.3, -0.25) is 9.88 Å². The van der Waals surface area contributed by atoms with Gasteiger partial charge in [0.25, 0.3) is 0 Å². The van der Waals surface area contributed by atoms with Crippen molar-refractivity contribution in [1.82, 2.24) is 9.88 Å². The summed E-state index contributed by atoms with van der Waals surface area (Å²) in [6.07, 6.45) is 4.89. The summed E-state index contributed by atoms with van der Waals surface area (Å²) in [6, 6.07) is 16.9. The maximum Gasteiger partial charge on any atom is 0.117 e. The van der Waals surface area contributed by atoms with E-state index in [1.54, 1.807) is 6.26 Å². The van der Waals surface area contributed by atoms with E-state index in [0.29, 0.717) is 5.92 Å². The van der Waals surface area contributed by atoms with Crippen LogP contribution >= 0.6 is 0 Å². The van der Waals surface area contributed by atoms with E-state index in [-0.39, 0.29) is 0 Å². The van der Waals surface area contributed by atoms with E-state index in [1.807, 2.05) is 12.3 Å². The Kier molecular flexibility index (Phi) is 4.18. The van der Waals surface area contributed by atoms with Crippen molar-refractivity contribution in [2.75, 3.05) is 13.1 Å². The standard InChI is InChI=1S/C21H22N2O/c1-16-5-2-3-7-20(16)21-13-17(8-10-22-21)18-9-11-23(14-18)15-19-6-4-12-24-19/h2-8,10,12-13,18H,9,11,14-15H2,1H3/t18-/m0/s1. The second-order valence-corrected chi connectivity index (χ2v) is 6.59. The first-order valence-corrected chi connectivity index (χ1v) is 8.56. The molecule has 0 radical (unpaired) electrons. The summed E-state index contributed by atoms with van der Waals surface area (Å²) < 4.78 is 5.47. The van der Waals surface area contributed by atoms with E-state index < -0.39 is 0 Å². The molecule has 0 amide bonds. The van der Waals surface area contributed by atoms with Gasteiger partial charge >= 0.3 is 0 Å². The number of aromatic nitrogens is 1. The highest BCUT2D eigenvalue weighted by atomic mass is 16.3. The van der Waals surface area contributed by atoms with E-state index >= 15 is 0 Å². The van der Waals surface area contributed by atoms with Crippen LogP contribution in [0.3, 0.4) is 0 Å². The molecule has 3 aromatic rings. The number of furan rings is 1. The molecular weight excluding hydrogens is 296 g/mol. The molecule has 4 rings (SSSR count). The van der Waals surface area contributed by atoms with Gasteiger partial charge in [0.15, 0.2) is 0 Å². The Hall–Kier alpha value is -2.39. The minimum atomic E-state index is 0.575. The fourth-order valence-corrected chi connectivity index (χ4v) is 3.58. The SMILES string of the molecule is Cc1ccccc1-c1cc([C@H]2CCN(Cc3ccco3)C2)ccn1. The number of likely N-dealkylation sites (tertiary alicyclic amines) is 1. The van der Waals surface area contributed by atoms with Crippen molar-refractivity contribution in [2.45, 2.75) is 25.8 Å². The van der Waals surface area contributed by atoms with Crippen LogP contribution in [-0.4, -0.2) is 23.0 Å². The number of nitrogens with zero attached hydrogens (tertiary/aromatic N) is 2. The van der Waals surface area contributed by atoms with Crippen LogP contribution < -0.4 is 0 Å². The van der Waals surface area contributed by atoms with E-state index in [4.69, 9.17) is 4.42 Å². The Morgan fingerprint density at radius 1 is 1.17 bits per heavy atom. The van der Waals surface area contributed by atoms with Gasteiger partial charge in [-0.15, -0.1) is 0 Å². The molecule has 0 unspecified atom stereocenters. The predicted octanol–water partition coefficient (Wildman–Crippen LogP) is 4.64. The molecule has 1 aliphatic heterocycles. The number of rotatable bonds is 4. The van der Waals surface area contributed by atoms with Crippen LogP contribution in [0.15, 0.2) is 65.4 Å². The second-order valence-electron chi connectivity index (χ2n) is 6.59. The zero-order chi connectivity index (χ0) is 16.4. The lowest BCUT2D eigenvalue weighted by Crippen LogP contribution is -2.19. The smallest absolute Gasteiger partial charge is 0.117 e. The third-order valence-electron chi connectivity index (χ3n) is 4.91. The van der Waals surface area contributed by atoms with Gasteiger partial charge in [-0.05, 0) is 61.2 Å². The third kappa shape index (κ3) is 3.13. The molecule has 3 heteroatoms. The van der Waals surface area contributed by atoms with Gasteiger partial charge in [-0.2, -0.15) is 0 Å². The molecule has 3 nitrogen and oxygen atoms in total. The maximum absolute atomic E-state index is 5.47. The second kappa shape index (κ2) is 6.62. The number of pyridine rings is 1. The normalized spacial score (nSPS) is 18.1. The quantitative estimate of drug-likeness (QED) is 0.702. The highest BCUT2D eigenvalue weighted by Gasteiger charge is 2.24. The molecule has 3 heterocycles. The van der Waals surface area contributed by atoms with Gasteiger partial charge in [-0.1, -0.05) is 24.3 Å². The van der Waals surface area contributed by atoms with Crippen LogP contribution in [0.5, 0.6) is 0 Å². The van der Waals surface area contributed by atoms with Crippen LogP contribution in [0.1, 0.15) is 29.2 Å². The molecular formula is C21H22N2O. The molecule has 0 saturated carbocycles. The monoisotopic (exact) mass is 318 g/mol. The van der Waals surface area contributed by atoms with Crippen LogP contribution in [0.4, 0.5) is 0 Å². The summed E-state index contributed by atoms with van der Waals surface area (Å²) in [5, 5.41) is 0. The Labute approximate surface area is 143 Å². The molecule has 1 fully saturated rings. The highest BCUT2D eigenvalue weighted by molar-refractivity contribution is 5.63. The first-order chi connectivity index (χ1) is 11.8. The summed E-state index contributed by atoms with van der Waals surface area (Å²) in [6.45, 7) is 5.24. The van der Waals surface area contributed by atoms with Crippen molar-refractivity contribution < 1.29 is 4.42 Å². The molecule has 24 heavy (non-hydrogen) atoms. The van der Waals surface area contributed by atoms with Crippen LogP contribution in [0.25, 0.3) is 11.3 Å². The van der Waals surface area contributed by atoms with E-state index in [9.17, 15) is 0 Å². The summed E-state index contributed by atoms with van der Waals surface area (Å²) in [5.74, 6) is 1.62. The van der Waals surface area contributed by atoms with Crippen LogP contribution in [0, 0.1) is 6.92 Å². The zero-order valence-corrected chi connectivity index (χ0v) is 14.0. The fourth-order valence-electron chi connectivity index (χ4n) is 3.58. The molecule has 2 aromatic heterocycles. The number of aryl methyl sites for hydroxylation is 1. The van der Waals surface area contributed by atoms with E-state index in [0.717, 1.165) is 31.1 Å². The average Bonchev–Trinajstić information content (AvgIpc) is 3.28. The summed E-state index contributed by atoms with van der Waals surface area (Å²) in [4.78, 5) is 7.06. The first kappa shape index (κ1) is 15.2. The van der Waals surface area contributed by atoms with Gasteiger partial charge in [0.2, 0.25) is 0 Å². The third-order valence-corrected chi connectivity index (χ3v) is 4.91. The number of benzene rings is 1. The molecule has 1 aromatic carbocycles. The lowest BCUT2D eigenvalue weighted by atomic mass is 9.96. The minimum Gasteiger partial charge on any atom is -0.468 e. The van der Waals surface area contributed by atoms with Gasteiger partial charge in [0.1, 0.15) is 5.76 Å². The number of hydrogen-bond donors (Lipinski definition) is 0. The highest BCUT2D eigenvalue weighted by Crippen LogP contribution is 2.30. The van der Waals surface area contributed by atoms with Crippen LogP contribution in [0.2, 0.25) is 0 Å². The predicted molar refractivity (Wildman–Crippen MR) is 95.8 cm³/mol. The average molecular weight is 318 g/mol. The van der Waals surface area contributed by atoms with Crippen molar-refractivity contribution in [3.05, 3.63) is 77.9 Å². The molecule has 0 spiro atoms. The molecule has 0 aliphatic carbocycles. The topological polar surface area (TPSA) is 29.3 Å². The van der Waals surface area contributed by atoms with Gasteiger partial charge in [0, 0.05) is 18.3 Å². The Balaban J connectivity index is 1.51. The fraction of sp³-hybridized carbons (Fsp3) is 0.286. The lowest BCUT2D eigenvalue weighted by molar-refractivity contribution is 0.294. The number of hydrogen-bond acceptors (Lipinski definition) is 3. The Morgan fingerprint density at radius 3 is 2.92 bits per heavy atom. The van der Waals surface area contributed by atoms with Gasteiger partial charge < -0.3 is 4.42 Å². The summed E-state index contributed by atoms with van der Waals surface area (Å²) >= 11 is 0. The van der Waals surface area contributed by atoms with Crippen LogP contribution in [-0.2, 0) is 6.54 Å². The Morgan fingerprint density at radius 2 is 2.08 bits per heavy atom. The molecule has 1 atom stereocenters. The molecule has 0 N–H and O–H groups in total. The van der Waals surface area contributed by atoms with Crippen molar-refractivity contribution in [3.8, 4) is 11.3 Å². The van der Waals surface area contributed by atoms with Crippen molar-refractivity contribution in [1.29, 1.82) is 0 Å². The largest absolute Gasteiger partial charge is 0.468 e. The zero-order valence-electron chi connectivity index (χ0n) is 14.0. The van der Waals surface area contributed by atoms with E-state index in [1.165, 1.54) is 23.1 Å². The van der Waals surface area contributed by atoms with Gasteiger partial charge in [-0.25, -0.2) is 0 Å². The summed E-state index contributed by atoms with van der Waals surface area (Å²) in [7, 11) is 0. The van der Waals surface area contributed by atoms with Crippen molar-refractivity contribution >= 4 is 0 Å². The van der Waals surface area contributed by atoms with Crippen molar-refractivity contribution in [2.24, 2.45) is 0 Å². The molecule has 122 valence electrons. The first-order valence-electron chi connectivity index (χ1n) is 8.56. The molecule has 1 aliphatic rings. The molecule has 0 bridgehead atoms. The van der Waals surface area contributed by atoms with Crippen molar-refractivity contribution in [3.63, 3.8) is 0 Å². The maximum atomic E-state index is 5.47. The minimum absolute atomic E-state index is 0.575. The van der Waals surface area contributed by atoms with Gasteiger partial charge in [0.05, 0.1) is 18.5 Å². The lowest BCUT2D eigenvalue weighted by Gasteiger charge is -2.15. The summed E-state index contributed by atoms with van der Waals surface area (Å²) in [5.41, 5.74) is 4.97. The molecule has 1 saturated heterocycles. The Bertz CT molecular complexity index is 810. The van der Waals surface area contributed by atoms with E-state index in [2.05, 4.69) is 59.3 Å².